The number of para-hydroxylation sites is 4. The maximum Gasteiger partial charge on any atom is 0.120 e. The van der Waals surface area contributed by atoms with Crippen LogP contribution in [-0.2, 0) is 26.5 Å². The fourth-order valence-electron chi connectivity index (χ4n) is 6.11. The van der Waals surface area contributed by atoms with Gasteiger partial charge in [0, 0.05) is 48.3 Å². The molecular formula is C44H39IrN3O-2. The number of furan rings is 1. The molecule has 5 aromatic carbocycles. The summed E-state index contributed by atoms with van der Waals surface area (Å²) >= 11 is 0. The number of aryl methyl sites for hydroxylation is 4. The maximum absolute atomic E-state index is 8.55. The van der Waals surface area contributed by atoms with Gasteiger partial charge in [0.2, 0.25) is 0 Å². The molecule has 0 aliphatic rings. The van der Waals surface area contributed by atoms with E-state index < -0.39 is 26.0 Å². The molecule has 0 aliphatic heterocycles. The first-order valence-corrected chi connectivity index (χ1v) is 15.9. The molecule has 0 bridgehead atoms. The van der Waals surface area contributed by atoms with E-state index >= 15 is 0 Å². The Hall–Kier alpha value is -4.83. The number of hydrogen-bond acceptors (Lipinski definition) is 3. The Morgan fingerprint density at radius 2 is 1.61 bits per heavy atom. The Morgan fingerprint density at radius 3 is 2.37 bits per heavy atom. The Bertz CT molecular complexity index is 2700. The average Bonchev–Trinajstić information content (AvgIpc) is 3.73. The largest absolute Gasteiger partial charge is 0.501 e. The molecule has 0 saturated carbocycles. The number of rotatable bonds is 5. The fraction of sp³-hybridized carbons (Fsp3) is 0.182. The number of hydrogen-bond donors (Lipinski definition) is 0. The summed E-state index contributed by atoms with van der Waals surface area (Å²) < 4.78 is 72.8. The Labute approximate surface area is 313 Å². The van der Waals surface area contributed by atoms with Crippen LogP contribution in [0.1, 0.15) is 52.6 Å². The van der Waals surface area contributed by atoms with Crippen LogP contribution in [-0.4, -0.2) is 14.5 Å². The fourth-order valence-corrected chi connectivity index (χ4v) is 6.11. The molecule has 0 spiro atoms. The van der Waals surface area contributed by atoms with Gasteiger partial charge in [-0.25, -0.2) is 0 Å². The van der Waals surface area contributed by atoms with E-state index in [4.69, 9.17) is 20.4 Å². The minimum Gasteiger partial charge on any atom is -0.501 e. The number of nitrogens with zero attached hydrogens (tertiary/aromatic N) is 3. The molecule has 5 heteroatoms. The molecule has 0 atom stereocenters. The zero-order chi connectivity index (χ0) is 40.2. The third kappa shape index (κ3) is 6.62. The molecule has 3 heterocycles. The van der Waals surface area contributed by atoms with E-state index in [1.807, 2.05) is 24.3 Å². The van der Waals surface area contributed by atoms with Crippen molar-refractivity contribution in [2.24, 2.45) is 5.92 Å². The smallest absolute Gasteiger partial charge is 0.120 e. The van der Waals surface area contributed by atoms with Crippen LogP contribution in [0.15, 0.2) is 114 Å². The average molecular weight is 826 g/mol. The second-order valence-electron chi connectivity index (χ2n) is 12.1. The van der Waals surface area contributed by atoms with E-state index in [-0.39, 0.29) is 48.1 Å². The van der Waals surface area contributed by atoms with Crippen LogP contribution >= 0.6 is 0 Å². The van der Waals surface area contributed by atoms with Gasteiger partial charge in [0.05, 0.1) is 22.4 Å². The molecule has 1 radical (unpaired) electrons. The van der Waals surface area contributed by atoms with Crippen LogP contribution in [0.25, 0.3) is 61.3 Å². The van der Waals surface area contributed by atoms with Crippen molar-refractivity contribution in [3.63, 3.8) is 0 Å². The van der Waals surface area contributed by atoms with Crippen LogP contribution in [0.2, 0.25) is 0 Å². The van der Waals surface area contributed by atoms with Crippen LogP contribution in [0.5, 0.6) is 0 Å². The molecule has 49 heavy (non-hydrogen) atoms. The minimum atomic E-state index is -2.55. The monoisotopic (exact) mass is 826 g/mol. The standard InChI is InChI=1S/C23H22NO.C21H17N2.Ir/c1-14(2)11-17-12-20(24-13-16(17)4)18-10-9-15(3)22-19-7-5-6-8-21(19)25-23(18)22;1-15-9-8-10-16(2)20(15)23-19-14-7-6-13-18(19)22-21(23)17-11-4-3-5-12-17;/h5-9,12-14H,11H2,1-4H3;3-11,13-14H,1-2H3;/q2*-1;/i3D3,4D3,11D2;;. The van der Waals surface area contributed by atoms with Crippen LogP contribution in [0.4, 0.5) is 0 Å². The third-order valence-electron chi connectivity index (χ3n) is 8.23. The predicted octanol–water partition coefficient (Wildman–Crippen LogP) is 11.4. The molecule has 0 N–H and O–H groups in total. The summed E-state index contributed by atoms with van der Waals surface area (Å²) in [6.07, 6.45) is -0.773. The number of pyridine rings is 1. The molecule has 0 saturated heterocycles. The second kappa shape index (κ2) is 14.3. The van der Waals surface area contributed by atoms with Gasteiger partial charge in [-0.2, -0.15) is 0 Å². The normalized spacial score (nSPS) is 14.4. The SMILES string of the molecule is Cc1cccc(C)c1-n1c(-c2[c-]cccc2)nc2ccccc21.[2H]C([2H])([2H])c1cnc(-c2[c-]cc(C([2H])([2H])[2H])c3c2oc2ccccc23)cc1C([2H])([2H])C(C)C.[Ir]. The zero-order valence-corrected chi connectivity index (χ0v) is 29.9. The van der Waals surface area contributed by atoms with Gasteiger partial charge < -0.3 is 14.0 Å². The van der Waals surface area contributed by atoms with E-state index in [0.29, 0.717) is 21.9 Å². The molecular weight excluding hydrogens is 779 g/mol. The third-order valence-corrected chi connectivity index (χ3v) is 8.23. The molecule has 0 fully saturated rings. The van der Waals surface area contributed by atoms with Gasteiger partial charge in [-0.15, -0.1) is 53.6 Å². The van der Waals surface area contributed by atoms with E-state index in [1.165, 1.54) is 28.9 Å². The minimum absolute atomic E-state index is 0. The summed E-state index contributed by atoms with van der Waals surface area (Å²) in [7, 11) is 0. The first-order valence-electron chi connectivity index (χ1n) is 19.9. The van der Waals surface area contributed by atoms with E-state index in [0.717, 1.165) is 28.6 Å². The molecule has 4 nitrogen and oxygen atoms in total. The van der Waals surface area contributed by atoms with Gasteiger partial charge in [0.1, 0.15) is 5.58 Å². The topological polar surface area (TPSA) is 43.9 Å². The summed E-state index contributed by atoms with van der Waals surface area (Å²) in [6.45, 7) is 2.70. The first-order chi connectivity index (χ1) is 26.5. The number of imidazole rings is 1. The van der Waals surface area contributed by atoms with Crippen molar-refractivity contribution < 1.29 is 35.5 Å². The van der Waals surface area contributed by atoms with Crippen molar-refractivity contribution in [2.45, 2.75) is 47.8 Å². The van der Waals surface area contributed by atoms with Crippen molar-refractivity contribution in [3.05, 3.63) is 149 Å². The zero-order valence-electron chi connectivity index (χ0n) is 35.6. The quantitative estimate of drug-likeness (QED) is 0.162. The number of fused-ring (bicyclic) bond motifs is 4. The summed E-state index contributed by atoms with van der Waals surface area (Å²) in [5.41, 5.74) is 8.10. The Kier molecular flexibility index (Phi) is 7.37. The van der Waals surface area contributed by atoms with Gasteiger partial charge >= 0.3 is 0 Å². The van der Waals surface area contributed by atoms with Gasteiger partial charge in [0.25, 0.3) is 0 Å². The van der Waals surface area contributed by atoms with E-state index in [1.54, 1.807) is 38.1 Å². The van der Waals surface area contributed by atoms with Crippen LogP contribution < -0.4 is 0 Å². The van der Waals surface area contributed by atoms with Gasteiger partial charge in [-0.3, -0.25) is 4.98 Å². The van der Waals surface area contributed by atoms with Gasteiger partial charge in [-0.05, 0) is 73.6 Å². The van der Waals surface area contributed by atoms with Crippen molar-refractivity contribution in [2.75, 3.05) is 0 Å². The van der Waals surface area contributed by atoms with Crippen molar-refractivity contribution >= 4 is 33.0 Å². The molecule has 8 rings (SSSR count). The van der Waals surface area contributed by atoms with Gasteiger partial charge in [0.15, 0.2) is 0 Å². The van der Waals surface area contributed by atoms with Gasteiger partial charge in [-0.1, -0.05) is 91.8 Å². The summed E-state index contributed by atoms with van der Waals surface area (Å²) in [6, 6.07) is 38.8. The molecule has 247 valence electrons. The number of aromatic nitrogens is 3. The van der Waals surface area contributed by atoms with E-state index in [9.17, 15) is 0 Å². The van der Waals surface area contributed by atoms with Crippen LogP contribution in [0, 0.1) is 45.6 Å². The van der Waals surface area contributed by atoms with Crippen LogP contribution in [0.3, 0.4) is 0 Å². The molecule has 0 unspecified atom stereocenters. The second-order valence-corrected chi connectivity index (χ2v) is 12.1. The Balaban J connectivity index is 0.000000201. The molecule has 0 aliphatic carbocycles. The first kappa shape index (κ1) is 25.2. The number of benzene rings is 5. The molecule has 3 aromatic heterocycles. The molecule has 8 aromatic rings. The van der Waals surface area contributed by atoms with Crippen molar-refractivity contribution in [3.8, 4) is 28.3 Å². The Morgan fingerprint density at radius 1 is 0.857 bits per heavy atom. The predicted molar refractivity (Wildman–Crippen MR) is 199 cm³/mol. The maximum atomic E-state index is 8.55. The summed E-state index contributed by atoms with van der Waals surface area (Å²) in [5, 5.41) is 1.04. The van der Waals surface area contributed by atoms with E-state index in [2.05, 4.69) is 78.0 Å². The summed E-state index contributed by atoms with van der Waals surface area (Å²) in [5.74, 6) is 0.436. The summed E-state index contributed by atoms with van der Waals surface area (Å²) in [4.78, 5) is 9.18. The molecule has 0 amide bonds. The van der Waals surface area contributed by atoms with Crippen molar-refractivity contribution in [1.82, 2.24) is 14.5 Å². The van der Waals surface area contributed by atoms with Crippen molar-refractivity contribution in [1.29, 1.82) is 0 Å².